The third-order valence-electron chi connectivity index (χ3n) is 7.06. The molecule has 36 heavy (non-hydrogen) atoms. The van der Waals surface area contributed by atoms with Gasteiger partial charge in [0.1, 0.15) is 12.2 Å². The van der Waals surface area contributed by atoms with Gasteiger partial charge >= 0.3 is 6.18 Å². The second kappa shape index (κ2) is 9.04. The molecule has 1 aromatic carbocycles. The SMILES string of the molecule is Cc1c(C2C(C(=O)Nc3ccc(C4COC(C)(C)O4)nc3)OC(C)(C(F)(F)F)C2C)ccc(F)c1F. The quantitative estimate of drug-likeness (QED) is 0.541. The van der Waals surface area contributed by atoms with Crippen molar-refractivity contribution in [2.24, 2.45) is 5.92 Å². The fourth-order valence-corrected chi connectivity index (χ4v) is 4.77. The third kappa shape index (κ3) is 4.59. The summed E-state index contributed by atoms with van der Waals surface area (Å²) >= 11 is 0. The predicted molar refractivity (Wildman–Crippen MR) is 119 cm³/mol. The van der Waals surface area contributed by atoms with Crippen molar-refractivity contribution < 1.29 is 41.0 Å². The summed E-state index contributed by atoms with van der Waals surface area (Å²) in [6.07, 6.45) is -5.49. The molecule has 0 aliphatic carbocycles. The molecule has 2 aromatic rings. The van der Waals surface area contributed by atoms with E-state index >= 15 is 0 Å². The van der Waals surface area contributed by atoms with Crippen molar-refractivity contribution in [2.45, 2.75) is 70.3 Å². The number of hydrogen-bond donors (Lipinski definition) is 1. The number of aromatic nitrogens is 1. The number of alkyl halides is 3. The number of anilines is 1. The minimum absolute atomic E-state index is 0.0731. The molecule has 0 radical (unpaired) electrons. The highest BCUT2D eigenvalue weighted by molar-refractivity contribution is 5.95. The summed E-state index contributed by atoms with van der Waals surface area (Å²) in [5.41, 5.74) is -2.01. The maximum Gasteiger partial charge on any atom is 0.417 e. The van der Waals surface area contributed by atoms with Crippen molar-refractivity contribution >= 4 is 11.6 Å². The van der Waals surface area contributed by atoms with Gasteiger partial charge in [0.15, 0.2) is 23.0 Å². The van der Waals surface area contributed by atoms with Crippen molar-refractivity contribution in [3.63, 3.8) is 0 Å². The number of halogens is 5. The van der Waals surface area contributed by atoms with Crippen LogP contribution in [0.25, 0.3) is 0 Å². The zero-order chi connectivity index (χ0) is 26.6. The summed E-state index contributed by atoms with van der Waals surface area (Å²) in [5.74, 6) is -6.40. The zero-order valence-corrected chi connectivity index (χ0v) is 20.4. The Labute approximate surface area is 205 Å². The van der Waals surface area contributed by atoms with Gasteiger partial charge in [-0.25, -0.2) is 8.78 Å². The fourth-order valence-electron chi connectivity index (χ4n) is 4.77. The Morgan fingerprint density at radius 1 is 1.11 bits per heavy atom. The Bertz CT molecular complexity index is 1150. The topological polar surface area (TPSA) is 69.7 Å². The Kier molecular flexibility index (Phi) is 6.64. The summed E-state index contributed by atoms with van der Waals surface area (Å²) in [7, 11) is 0. The first kappa shape index (κ1) is 26.4. The summed E-state index contributed by atoms with van der Waals surface area (Å²) in [4.78, 5) is 17.5. The van der Waals surface area contributed by atoms with Gasteiger partial charge in [-0.1, -0.05) is 13.0 Å². The van der Waals surface area contributed by atoms with Crippen LogP contribution in [-0.2, 0) is 19.0 Å². The van der Waals surface area contributed by atoms with E-state index in [4.69, 9.17) is 14.2 Å². The van der Waals surface area contributed by atoms with E-state index in [0.717, 1.165) is 13.0 Å². The van der Waals surface area contributed by atoms with Gasteiger partial charge in [0.25, 0.3) is 5.91 Å². The van der Waals surface area contributed by atoms with Gasteiger partial charge in [0.05, 0.1) is 24.2 Å². The molecule has 2 fully saturated rings. The van der Waals surface area contributed by atoms with Crippen molar-refractivity contribution in [3.05, 3.63) is 58.9 Å². The number of amides is 1. The number of nitrogens with zero attached hydrogens (tertiary/aromatic N) is 1. The van der Waals surface area contributed by atoms with Crippen LogP contribution in [0.3, 0.4) is 0 Å². The van der Waals surface area contributed by atoms with Crippen molar-refractivity contribution in [2.75, 3.05) is 11.9 Å². The zero-order valence-electron chi connectivity index (χ0n) is 20.4. The normalized spacial score (nSPS) is 29.9. The Morgan fingerprint density at radius 3 is 2.36 bits per heavy atom. The average Bonchev–Trinajstić information content (AvgIpc) is 3.30. The first-order valence-corrected chi connectivity index (χ1v) is 11.4. The Morgan fingerprint density at radius 2 is 1.81 bits per heavy atom. The van der Waals surface area contributed by atoms with Gasteiger partial charge in [-0.05, 0) is 57.0 Å². The minimum Gasteiger partial charge on any atom is -0.352 e. The maximum absolute atomic E-state index is 14.3. The lowest BCUT2D eigenvalue weighted by Gasteiger charge is -2.32. The van der Waals surface area contributed by atoms with Crippen LogP contribution < -0.4 is 5.32 Å². The van der Waals surface area contributed by atoms with Gasteiger partial charge < -0.3 is 19.5 Å². The molecule has 2 aliphatic rings. The first-order chi connectivity index (χ1) is 16.6. The summed E-state index contributed by atoms with van der Waals surface area (Å²) < 4.78 is 86.7. The molecule has 2 saturated heterocycles. The number of ether oxygens (including phenoxy) is 3. The van der Waals surface area contributed by atoms with Crippen molar-refractivity contribution in [3.8, 4) is 0 Å². The smallest absolute Gasteiger partial charge is 0.352 e. The lowest BCUT2D eigenvalue weighted by atomic mass is 9.76. The van der Waals surface area contributed by atoms with E-state index in [1.807, 2.05) is 0 Å². The van der Waals surface area contributed by atoms with Crippen LogP contribution in [0.1, 0.15) is 56.5 Å². The summed E-state index contributed by atoms with van der Waals surface area (Å²) in [6.45, 7) is 7.23. The standard InChI is InChI=1S/C25H27F5N2O4/c1-12-15(7-8-16(26)20(12)27)19-13(2)24(5,25(28,29)30)36-21(19)22(33)32-14-6-9-17(31-10-14)18-11-34-23(3,4)35-18/h6-10,13,18-19,21H,11H2,1-5H3,(H,32,33). The van der Waals surface area contributed by atoms with Gasteiger partial charge in [-0.3, -0.25) is 9.78 Å². The molecule has 5 atom stereocenters. The van der Waals surface area contributed by atoms with E-state index in [2.05, 4.69) is 10.3 Å². The number of carbonyl (C=O) groups is 1. The highest BCUT2D eigenvalue weighted by Gasteiger charge is 2.65. The van der Waals surface area contributed by atoms with Crippen LogP contribution in [0.2, 0.25) is 0 Å². The molecule has 11 heteroatoms. The number of carbonyl (C=O) groups excluding carboxylic acids is 1. The molecule has 3 heterocycles. The van der Waals surface area contributed by atoms with E-state index < -0.39 is 59.1 Å². The Balaban J connectivity index is 1.61. The van der Waals surface area contributed by atoms with Gasteiger partial charge in [-0.15, -0.1) is 0 Å². The highest BCUT2D eigenvalue weighted by Crippen LogP contribution is 2.54. The molecule has 1 amide bonds. The van der Waals surface area contributed by atoms with E-state index in [-0.39, 0.29) is 16.8 Å². The molecule has 1 N–H and O–H groups in total. The molecule has 5 unspecified atom stereocenters. The number of rotatable bonds is 4. The second-order valence-electron chi connectivity index (χ2n) is 9.81. The number of pyridine rings is 1. The van der Waals surface area contributed by atoms with E-state index in [1.54, 1.807) is 19.9 Å². The fraction of sp³-hybridized carbons (Fsp3) is 0.520. The minimum atomic E-state index is -4.81. The molecule has 1 aromatic heterocycles. The van der Waals surface area contributed by atoms with Gasteiger partial charge in [0.2, 0.25) is 0 Å². The summed E-state index contributed by atoms with van der Waals surface area (Å²) in [5, 5.41) is 2.54. The van der Waals surface area contributed by atoms with E-state index in [9.17, 15) is 26.7 Å². The van der Waals surface area contributed by atoms with Crippen molar-refractivity contribution in [1.82, 2.24) is 4.98 Å². The molecule has 6 nitrogen and oxygen atoms in total. The largest absolute Gasteiger partial charge is 0.417 e. The van der Waals surface area contributed by atoms with E-state index in [1.165, 1.54) is 32.2 Å². The maximum atomic E-state index is 14.3. The van der Waals surface area contributed by atoms with Crippen molar-refractivity contribution in [1.29, 1.82) is 0 Å². The van der Waals surface area contributed by atoms with E-state index in [0.29, 0.717) is 12.3 Å². The number of nitrogens with one attached hydrogen (secondary N) is 1. The predicted octanol–water partition coefficient (Wildman–Crippen LogP) is 5.57. The lowest BCUT2D eigenvalue weighted by Crippen LogP contribution is -2.47. The van der Waals surface area contributed by atoms with Crippen LogP contribution >= 0.6 is 0 Å². The molecule has 0 spiro atoms. The Hall–Kier alpha value is -2.63. The second-order valence-corrected chi connectivity index (χ2v) is 9.81. The summed E-state index contributed by atoms with van der Waals surface area (Å²) in [6, 6.07) is 5.18. The van der Waals surface area contributed by atoms with Crippen LogP contribution in [0.5, 0.6) is 0 Å². The number of benzene rings is 1. The molecule has 0 saturated carbocycles. The van der Waals surface area contributed by atoms with Gasteiger partial charge in [-0.2, -0.15) is 13.2 Å². The highest BCUT2D eigenvalue weighted by atomic mass is 19.4. The first-order valence-electron chi connectivity index (χ1n) is 11.4. The molecule has 196 valence electrons. The molecule has 4 rings (SSSR count). The third-order valence-corrected chi connectivity index (χ3v) is 7.06. The van der Waals surface area contributed by atoms with Crippen LogP contribution in [0, 0.1) is 24.5 Å². The van der Waals surface area contributed by atoms with Crippen LogP contribution in [0.4, 0.5) is 27.6 Å². The van der Waals surface area contributed by atoms with Crippen LogP contribution in [0.15, 0.2) is 30.5 Å². The molecule has 2 aliphatic heterocycles. The average molecular weight is 514 g/mol. The monoisotopic (exact) mass is 514 g/mol. The lowest BCUT2D eigenvalue weighted by molar-refractivity contribution is -0.272. The van der Waals surface area contributed by atoms with Gasteiger partial charge in [0, 0.05) is 11.8 Å². The van der Waals surface area contributed by atoms with Crippen LogP contribution in [-0.4, -0.2) is 41.2 Å². The number of hydrogen-bond acceptors (Lipinski definition) is 5. The molecular formula is C25H27F5N2O4. The molecule has 0 bridgehead atoms. The molecular weight excluding hydrogens is 487 g/mol.